The summed E-state index contributed by atoms with van der Waals surface area (Å²) in [6.07, 6.45) is 6.35. The summed E-state index contributed by atoms with van der Waals surface area (Å²) >= 11 is 0. The SMILES string of the molecule is CCc1cc(C(C)(C)CCc2ccc(CO)c(CO)c2)ccc1/C=C/C(O)C(C)C. The lowest BCUT2D eigenvalue weighted by Gasteiger charge is -2.27. The van der Waals surface area contributed by atoms with Gasteiger partial charge in [0.1, 0.15) is 0 Å². The number of aliphatic hydroxyl groups is 3. The van der Waals surface area contributed by atoms with E-state index in [1.807, 2.05) is 44.2 Å². The second-order valence-corrected chi connectivity index (χ2v) is 9.16. The molecule has 0 fully saturated rings. The van der Waals surface area contributed by atoms with E-state index in [2.05, 4.69) is 39.0 Å². The van der Waals surface area contributed by atoms with Crippen LogP contribution in [-0.4, -0.2) is 21.4 Å². The molecule has 3 heteroatoms. The molecule has 0 aliphatic heterocycles. The Kier molecular flexibility index (Phi) is 8.84. The molecule has 0 heterocycles. The normalized spacial score (nSPS) is 13.4. The van der Waals surface area contributed by atoms with Crippen molar-refractivity contribution < 1.29 is 15.3 Å². The lowest BCUT2D eigenvalue weighted by molar-refractivity contribution is 0.173. The van der Waals surface area contributed by atoms with Crippen molar-refractivity contribution in [3.63, 3.8) is 0 Å². The number of hydrogen-bond donors (Lipinski definition) is 3. The van der Waals surface area contributed by atoms with Gasteiger partial charge in [-0.1, -0.05) is 83.2 Å². The number of hydrogen-bond acceptors (Lipinski definition) is 3. The molecule has 0 spiro atoms. The maximum absolute atomic E-state index is 10.1. The van der Waals surface area contributed by atoms with Gasteiger partial charge in [-0.25, -0.2) is 0 Å². The lowest BCUT2D eigenvalue weighted by Crippen LogP contribution is -2.19. The van der Waals surface area contributed by atoms with Crippen molar-refractivity contribution >= 4 is 6.08 Å². The van der Waals surface area contributed by atoms with E-state index < -0.39 is 6.10 Å². The summed E-state index contributed by atoms with van der Waals surface area (Å²) < 4.78 is 0. The largest absolute Gasteiger partial charge is 0.392 e. The fourth-order valence-corrected chi connectivity index (χ4v) is 3.66. The Hall–Kier alpha value is -1.94. The monoisotopic (exact) mass is 410 g/mol. The Morgan fingerprint density at radius 3 is 2.23 bits per heavy atom. The van der Waals surface area contributed by atoms with Gasteiger partial charge >= 0.3 is 0 Å². The maximum atomic E-state index is 10.1. The van der Waals surface area contributed by atoms with E-state index in [0.717, 1.165) is 30.4 Å². The molecule has 1 atom stereocenters. The third-order valence-electron chi connectivity index (χ3n) is 6.11. The van der Waals surface area contributed by atoms with Crippen molar-refractivity contribution in [1.29, 1.82) is 0 Å². The molecule has 1 unspecified atom stereocenters. The molecule has 0 amide bonds. The van der Waals surface area contributed by atoms with Crippen molar-refractivity contribution in [3.05, 3.63) is 75.9 Å². The zero-order valence-corrected chi connectivity index (χ0v) is 19.2. The summed E-state index contributed by atoms with van der Waals surface area (Å²) in [6, 6.07) is 12.6. The predicted molar refractivity (Wildman–Crippen MR) is 125 cm³/mol. The Labute approximate surface area is 182 Å². The van der Waals surface area contributed by atoms with Crippen LogP contribution in [0.3, 0.4) is 0 Å². The molecule has 0 saturated heterocycles. The highest BCUT2D eigenvalue weighted by molar-refractivity contribution is 5.56. The molecule has 3 nitrogen and oxygen atoms in total. The number of aryl methyl sites for hydroxylation is 2. The zero-order chi connectivity index (χ0) is 22.3. The van der Waals surface area contributed by atoms with Crippen molar-refractivity contribution in [2.75, 3.05) is 0 Å². The summed E-state index contributed by atoms with van der Waals surface area (Å²) in [5.41, 5.74) is 6.57. The molecular weight excluding hydrogens is 372 g/mol. The average molecular weight is 411 g/mol. The van der Waals surface area contributed by atoms with Gasteiger partial charge in [0.05, 0.1) is 19.3 Å². The van der Waals surface area contributed by atoms with Crippen LogP contribution in [-0.2, 0) is 31.5 Å². The molecule has 2 aromatic rings. The smallest absolute Gasteiger partial charge is 0.0747 e. The minimum Gasteiger partial charge on any atom is -0.392 e. The van der Waals surface area contributed by atoms with Crippen molar-refractivity contribution in [3.8, 4) is 0 Å². The van der Waals surface area contributed by atoms with Crippen LogP contribution in [0, 0.1) is 5.92 Å². The van der Waals surface area contributed by atoms with Gasteiger partial charge in [0.2, 0.25) is 0 Å². The molecular formula is C27H38O3. The molecule has 3 N–H and O–H groups in total. The van der Waals surface area contributed by atoms with Crippen LogP contribution >= 0.6 is 0 Å². The van der Waals surface area contributed by atoms with E-state index in [9.17, 15) is 15.3 Å². The summed E-state index contributed by atoms with van der Waals surface area (Å²) in [6.45, 7) is 10.7. The maximum Gasteiger partial charge on any atom is 0.0747 e. The standard InChI is InChI=1S/C27H38O3/c1-6-21-16-25(11-9-22(21)10-12-26(30)19(2)3)27(4,5)14-13-20-7-8-23(17-28)24(15-20)18-29/h7-12,15-16,19,26,28-30H,6,13-14,17-18H2,1-5H3/b12-10+. The number of rotatable bonds is 10. The van der Waals surface area contributed by atoms with Crippen molar-refractivity contribution in [2.45, 2.75) is 78.6 Å². The van der Waals surface area contributed by atoms with E-state index in [1.54, 1.807) is 0 Å². The average Bonchev–Trinajstić information content (AvgIpc) is 2.75. The van der Waals surface area contributed by atoms with Crippen LogP contribution in [0.1, 0.15) is 74.4 Å². The van der Waals surface area contributed by atoms with E-state index in [-0.39, 0.29) is 24.5 Å². The molecule has 0 aliphatic carbocycles. The van der Waals surface area contributed by atoms with Crippen molar-refractivity contribution in [1.82, 2.24) is 0 Å². The van der Waals surface area contributed by atoms with Crippen LogP contribution < -0.4 is 0 Å². The third kappa shape index (κ3) is 6.28. The van der Waals surface area contributed by atoms with Crippen LogP contribution in [0.2, 0.25) is 0 Å². The Morgan fingerprint density at radius 2 is 1.63 bits per heavy atom. The van der Waals surface area contributed by atoms with Crippen LogP contribution in [0.25, 0.3) is 6.08 Å². The molecule has 0 saturated carbocycles. The first kappa shape index (κ1) is 24.3. The molecule has 164 valence electrons. The first-order chi connectivity index (χ1) is 14.2. The van der Waals surface area contributed by atoms with E-state index in [0.29, 0.717) is 0 Å². The van der Waals surface area contributed by atoms with Crippen LogP contribution in [0.5, 0.6) is 0 Å². The predicted octanol–water partition coefficient (Wildman–Crippen LogP) is 5.17. The lowest BCUT2D eigenvalue weighted by atomic mass is 9.78. The molecule has 30 heavy (non-hydrogen) atoms. The Bertz CT molecular complexity index is 849. The molecule has 2 aromatic carbocycles. The quantitative estimate of drug-likeness (QED) is 0.506. The number of aliphatic hydroxyl groups excluding tert-OH is 3. The summed E-state index contributed by atoms with van der Waals surface area (Å²) in [5, 5.41) is 29.0. The highest BCUT2D eigenvalue weighted by Crippen LogP contribution is 2.31. The number of benzene rings is 2. The van der Waals surface area contributed by atoms with Crippen LogP contribution in [0.15, 0.2) is 42.5 Å². The van der Waals surface area contributed by atoms with E-state index in [1.165, 1.54) is 22.3 Å². The first-order valence-corrected chi connectivity index (χ1v) is 11.0. The minimum atomic E-state index is -0.424. The van der Waals surface area contributed by atoms with Gasteiger partial charge in [0.15, 0.2) is 0 Å². The molecule has 2 rings (SSSR count). The molecule has 0 radical (unpaired) electrons. The Balaban J connectivity index is 2.17. The van der Waals surface area contributed by atoms with Gasteiger partial charge in [-0.15, -0.1) is 0 Å². The summed E-state index contributed by atoms with van der Waals surface area (Å²) in [4.78, 5) is 0. The second kappa shape index (κ2) is 10.9. The highest BCUT2D eigenvalue weighted by atomic mass is 16.3. The Morgan fingerprint density at radius 1 is 0.933 bits per heavy atom. The van der Waals surface area contributed by atoms with Gasteiger partial charge < -0.3 is 15.3 Å². The van der Waals surface area contributed by atoms with E-state index in [4.69, 9.17) is 0 Å². The molecule has 0 aromatic heterocycles. The first-order valence-electron chi connectivity index (χ1n) is 11.0. The van der Waals surface area contributed by atoms with Gasteiger partial charge in [-0.2, -0.15) is 0 Å². The highest BCUT2D eigenvalue weighted by Gasteiger charge is 2.21. The topological polar surface area (TPSA) is 60.7 Å². The van der Waals surface area contributed by atoms with Crippen molar-refractivity contribution in [2.24, 2.45) is 5.92 Å². The molecule has 0 aliphatic rings. The van der Waals surface area contributed by atoms with Crippen LogP contribution in [0.4, 0.5) is 0 Å². The fraction of sp³-hybridized carbons (Fsp3) is 0.481. The van der Waals surface area contributed by atoms with Gasteiger partial charge in [0.25, 0.3) is 0 Å². The van der Waals surface area contributed by atoms with Gasteiger partial charge in [-0.05, 0) is 64.0 Å². The summed E-state index contributed by atoms with van der Waals surface area (Å²) in [5.74, 6) is 0.210. The molecule has 0 bridgehead atoms. The van der Waals surface area contributed by atoms with E-state index >= 15 is 0 Å². The third-order valence-corrected chi connectivity index (χ3v) is 6.11. The summed E-state index contributed by atoms with van der Waals surface area (Å²) in [7, 11) is 0. The fourth-order valence-electron chi connectivity index (χ4n) is 3.66. The minimum absolute atomic E-state index is 0.0125. The zero-order valence-electron chi connectivity index (χ0n) is 19.2. The second-order valence-electron chi connectivity index (χ2n) is 9.16. The van der Waals surface area contributed by atoms with Gasteiger partial charge in [0, 0.05) is 0 Å². The van der Waals surface area contributed by atoms with Gasteiger partial charge in [-0.3, -0.25) is 0 Å².